The monoisotopic (exact) mass is 212 g/mol. The highest BCUT2D eigenvalue weighted by molar-refractivity contribution is 5.73. The highest BCUT2D eigenvalue weighted by Crippen LogP contribution is 2.27. The zero-order chi connectivity index (χ0) is 11.1. The molecule has 0 saturated heterocycles. The summed E-state index contributed by atoms with van der Waals surface area (Å²) in [6, 6.07) is -0.00419. The van der Waals surface area contributed by atoms with Crippen LogP contribution in [-0.4, -0.2) is 19.1 Å². The quantitative estimate of drug-likeness (QED) is 0.738. The van der Waals surface area contributed by atoms with E-state index < -0.39 is 0 Å². The van der Waals surface area contributed by atoms with Crippen molar-refractivity contribution >= 4 is 6.03 Å². The van der Waals surface area contributed by atoms with Gasteiger partial charge in [-0.05, 0) is 31.1 Å². The van der Waals surface area contributed by atoms with Crippen molar-refractivity contribution in [3.05, 3.63) is 0 Å². The second-order valence-corrected chi connectivity index (χ2v) is 4.76. The largest absolute Gasteiger partial charge is 0.338 e. The number of hydrogen-bond acceptors (Lipinski definition) is 1. The number of carbonyl (C=O) groups is 1. The van der Waals surface area contributed by atoms with E-state index in [4.69, 9.17) is 0 Å². The van der Waals surface area contributed by atoms with E-state index in [-0.39, 0.29) is 6.03 Å². The van der Waals surface area contributed by atoms with Crippen molar-refractivity contribution in [1.82, 2.24) is 10.6 Å². The van der Waals surface area contributed by atoms with Crippen molar-refractivity contribution in [2.45, 2.75) is 46.0 Å². The number of carbonyl (C=O) groups excluding carboxylic acids is 1. The minimum Gasteiger partial charge on any atom is -0.338 e. The van der Waals surface area contributed by atoms with Crippen LogP contribution in [0.1, 0.15) is 46.0 Å². The molecule has 1 aliphatic rings. The fraction of sp³-hybridized carbons (Fsp3) is 0.917. The summed E-state index contributed by atoms with van der Waals surface area (Å²) in [4.78, 5) is 11.3. The Morgan fingerprint density at radius 1 is 1.20 bits per heavy atom. The van der Waals surface area contributed by atoms with E-state index >= 15 is 0 Å². The molecule has 3 heteroatoms. The van der Waals surface area contributed by atoms with Gasteiger partial charge < -0.3 is 10.6 Å². The molecule has 0 bridgehead atoms. The lowest BCUT2D eigenvalue weighted by atomic mass is 9.83. The summed E-state index contributed by atoms with van der Waals surface area (Å²) in [6.07, 6.45) is 6.19. The molecule has 0 spiro atoms. The molecule has 0 aromatic heterocycles. The lowest BCUT2D eigenvalue weighted by Crippen LogP contribution is -2.39. The van der Waals surface area contributed by atoms with Gasteiger partial charge in [0.2, 0.25) is 0 Å². The minimum absolute atomic E-state index is 0.00419. The van der Waals surface area contributed by atoms with Crippen molar-refractivity contribution in [2.75, 3.05) is 13.1 Å². The zero-order valence-corrected chi connectivity index (χ0v) is 10.0. The molecule has 0 aromatic rings. The smallest absolute Gasteiger partial charge is 0.314 e. The average molecular weight is 212 g/mol. The van der Waals surface area contributed by atoms with Crippen LogP contribution in [-0.2, 0) is 0 Å². The van der Waals surface area contributed by atoms with Crippen molar-refractivity contribution in [2.24, 2.45) is 11.8 Å². The van der Waals surface area contributed by atoms with Gasteiger partial charge in [-0.25, -0.2) is 4.79 Å². The normalized spacial score (nSPS) is 26.0. The van der Waals surface area contributed by atoms with E-state index in [1.165, 1.54) is 25.7 Å². The maximum atomic E-state index is 11.3. The maximum Gasteiger partial charge on any atom is 0.314 e. The van der Waals surface area contributed by atoms with Gasteiger partial charge in [-0.1, -0.05) is 26.7 Å². The van der Waals surface area contributed by atoms with Crippen LogP contribution < -0.4 is 10.6 Å². The standard InChI is InChI=1S/C12H24N2O/c1-3-8-13-12(15)14-9-11-6-4-10(2)5-7-11/h10-11H,3-9H2,1-2H3,(H2,13,14,15). The summed E-state index contributed by atoms with van der Waals surface area (Å²) < 4.78 is 0. The van der Waals surface area contributed by atoms with E-state index in [1.54, 1.807) is 0 Å². The summed E-state index contributed by atoms with van der Waals surface area (Å²) >= 11 is 0. The molecule has 1 fully saturated rings. The third-order valence-corrected chi connectivity index (χ3v) is 3.22. The molecule has 88 valence electrons. The lowest BCUT2D eigenvalue weighted by molar-refractivity contribution is 0.232. The number of amides is 2. The Bertz CT molecular complexity index is 186. The molecule has 0 aromatic carbocycles. The number of rotatable bonds is 4. The molecule has 3 nitrogen and oxygen atoms in total. The van der Waals surface area contributed by atoms with Crippen molar-refractivity contribution in [3.63, 3.8) is 0 Å². The number of urea groups is 1. The molecular formula is C12H24N2O. The first-order valence-electron chi connectivity index (χ1n) is 6.24. The van der Waals surface area contributed by atoms with Gasteiger partial charge in [0.1, 0.15) is 0 Å². The van der Waals surface area contributed by atoms with Gasteiger partial charge in [0.05, 0.1) is 0 Å². The summed E-state index contributed by atoms with van der Waals surface area (Å²) in [5.74, 6) is 1.59. The van der Waals surface area contributed by atoms with E-state index in [0.29, 0.717) is 5.92 Å². The molecule has 0 atom stereocenters. The lowest BCUT2D eigenvalue weighted by Gasteiger charge is -2.26. The summed E-state index contributed by atoms with van der Waals surface area (Å²) in [5.41, 5.74) is 0. The highest BCUT2D eigenvalue weighted by atomic mass is 16.2. The SMILES string of the molecule is CCCNC(=O)NCC1CCC(C)CC1. The van der Waals surface area contributed by atoms with Gasteiger partial charge >= 0.3 is 6.03 Å². The van der Waals surface area contributed by atoms with Gasteiger partial charge in [0.15, 0.2) is 0 Å². The summed E-state index contributed by atoms with van der Waals surface area (Å²) in [7, 11) is 0. The Balaban J connectivity index is 2.06. The Kier molecular flexibility index (Phi) is 5.51. The van der Waals surface area contributed by atoms with E-state index in [2.05, 4.69) is 24.5 Å². The van der Waals surface area contributed by atoms with Gasteiger partial charge in [0.25, 0.3) is 0 Å². The minimum atomic E-state index is -0.00419. The second-order valence-electron chi connectivity index (χ2n) is 4.76. The molecule has 0 aliphatic heterocycles. The van der Waals surface area contributed by atoms with Gasteiger partial charge in [0, 0.05) is 13.1 Å². The molecule has 1 rings (SSSR count). The molecule has 0 heterocycles. The topological polar surface area (TPSA) is 41.1 Å². The first-order chi connectivity index (χ1) is 7.22. The second kappa shape index (κ2) is 6.70. The van der Waals surface area contributed by atoms with Gasteiger partial charge in [-0.15, -0.1) is 0 Å². The number of nitrogens with one attached hydrogen (secondary N) is 2. The summed E-state index contributed by atoms with van der Waals surface area (Å²) in [5, 5.41) is 5.78. The molecule has 15 heavy (non-hydrogen) atoms. The van der Waals surface area contributed by atoms with Crippen LogP contribution in [0.2, 0.25) is 0 Å². The highest BCUT2D eigenvalue weighted by Gasteiger charge is 2.18. The van der Waals surface area contributed by atoms with Crippen LogP contribution in [0, 0.1) is 11.8 Å². The van der Waals surface area contributed by atoms with Crippen LogP contribution in [0.15, 0.2) is 0 Å². The number of hydrogen-bond donors (Lipinski definition) is 2. The van der Waals surface area contributed by atoms with Crippen LogP contribution in [0.5, 0.6) is 0 Å². The Hall–Kier alpha value is -0.730. The maximum absolute atomic E-state index is 11.3. The Morgan fingerprint density at radius 2 is 1.87 bits per heavy atom. The first kappa shape index (κ1) is 12.3. The Morgan fingerprint density at radius 3 is 2.47 bits per heavy atom. The molecule has 1 aliphatic carbocycles. The van der Waals surface area contributed by atoms with Crippen LogP contribution in [0.4, 0.5) is 4.79 Å². The van der Waals surface area contributed by atoms with E-state index in [0.717, 1.165) is 25.4 Å². The molecule has 0 radical (unpaired) electrons. The van der Waals surface area contributed by atoms with Gasteiger partial charge in [-0.3, -0.25) is 0 Å². The van der Waals surface area contributed by atoms with Crippen LogP contribution >= 0.6 is 0 Å². The van der Waals surface area contributed by atoms with Crippen molar-refractivity contribution in [3.8, 4) is 0 Å². The third kappa shape index (κ3) is 5.05. The first-order valence-corrected chi connectivity index (χ1v) is 6.24. The predicted molar refractivity (Wildman–Crippen MR) is 62.8 cm³/mol. The molecule has 2 amide bonds. The fourth-order valence-electron chi connectivity index (χ4n) is 2.07. The molecular weight excluding hydrogens is 188 g/mol. The van der Waals surface area contributed by atoms with Crippen molar-refractivity contribution < 1.29 is 4.79 Å². The third-order valence-electron chi connectivity index (χ3n) is 3.22. The zero-order valence-electron chi connectivity index (χ0n) is 10.0. The molecule has 2 N–H and O–H groups in total. The van der Waals surface area contributed by atoms with E-state index in [1.807, 2.05) is 0 Å². The summed E-state index contributed by atoms with van der Waals surface area (Å²) in [6.45, 7) is 6.00. The van der Waals surface area contributed by atoms with E-state index in [9.17, 15) is 4.79 Å². The Labute approximate surface area is 93.0 Å². The van der Waals surface area contributed by atoms with Crippen LogP contribution in [0.3, 0.4) is 0 Å². The van der Waals surface area contributed by atoms with Crippen molar-refractivity contribution in [1.29, 1.82) is 0 Å². The molecule has 0 unspecified atom stereocenters. The van der Waals surface area contributed by atoms with Crippen LogP contribution in [0.25, 0.3) is 0 Å². The predicted octanol–water partition coefficient (Wildman–Crippen LogP) is 2.52. The van der Waals surface area contributed by atoms with Gasteiger partial charge in [-0.2, -0.15) is 0 Å². The average Bonchev–Trinajstić information content (AvgIpc) is 2.25. The molecule has 1 saturated carbocycles. The fourth-order valence-corrected chi connectivity index (χ4v) is 2.07.